The molecule has 0 spiro atoms. The lowest BCUT2D eigenvalue weighted by Crippen LogP contribution is -2.32. The Morgan fingerprint density at radius 1 is 1.32 bits per heavy atom. The Morgan fingerprint density at radius 2 is 2.12 bits per heavy atom. The zero-order chi connectivity index (χ0) is 18.0. The minimum Gasteiger partial charge on any atom is -0.342 e. The number of rotatable bonds is 5. The molecular weight excluding hydrogens is 332 g/mol. The second-order valence-electron chi connectivity index (χ2n) is 5.54. The Bertz CT molecular complexity index is 906. The highest BCUT2D eigenvalue weighted by atomic mass is 19.2. The third-order valence-electron chi connectivity index (χ3n) is 3.77. The summed E-state index contributed by atoms with van der Waals surface area (Å²) in [5.41, 5.74) is 1.29. The summed E-state index contributed by atoms with van der Waals surface area (Å²) in [6.45, 7) is 1.67. The Kier molecular flexibility index (Phi) is 4.55. The number of aromatic nitrogens is 4. The SMILES string of the molecule is Cc1nonc1CC(=O)NC(c1ccc(F)c(F)c1)c1nccn1C. The van der Waals surface area contributed by atoms with Crippen LogP contribution in [0.15, 0.2) is 35.2 Å². The molecule has 3 aromatic rings. The van der Waals surface area contributed by atoms with Gasteiger partial charge in [-0.2, -0.15) is 0 Å². The van der Waals surface area contributed by atoms with Crippen LogP contribution in [0.4, 0.5) is 8.78 Å². The monoisotopic (exact) mass is 347 g/mol. The number of carbonyl (C=O) groups excluding carboxylic acids is 1. The van der Waals surface area contributed by atoms with Gasteiger partial charge in [0.1, 0.15) is 23.3 Å². The van der Waals surface area contributed by atoms with Crippen molar-refractivity contribution in [1.82, 2.24) is 25.2 Å². The number of nitrogens with zero attached hydrogens (tertiary/aromatic N) is 4. The minimum atomic E-state index is -0.998. The molecule has 0 fully saturated rings. The van der Waals surface area contributed by atoms with Gasteiger partial charge in [-0.3, -0.25) is 4.79 Å². The Balaban J connectivity index is 1.89. The van der Waals surface area contributed by atoms with E-state index >= 15 is 0 Å². The molecule has 2 heterocycles. The van der Waals surface area contributed by atoms with E-state index in [1.54, 1.807) is 30.9 Å². The van der Waals surface area contributed by atoms with Gasteiger partial charge < -0.3 is 9.88 Å². The van der Waals surface area contributed by atoms with Gasteiger partial charge in [0.25, 0.3) is 0 Å². The van der Waals surface area contributed by atoms with Crippen molar-refractivity contribution < 1.29 is 18.2 Å². The summed E-state index contributed by atoms with van der Waals surface area (Å²) >= 11 is 0. The van der Waals surface area contributed by atoms with Crippen LogP contribution in [0.3, 0.4) is 0 Å². The van der Waals surface area contributed by atoms with E-state index in [-0.39, 0.29) is 12.3 Å². The lowest BCUT2D eigenvalue weighted by molar-refractivity contribution is -0.121. The number of amides is 1. The topological polar surface area (TPSA) is 85.8 Å². The van der Waals surface area contributed by atoms with Crippen molar-refractivity contribution in [1.29, 1.82) is 0 Å². The highest BCUT2D eigenvalue weighted by molar-refractivity contribution is 5.79. The smallest absolute Gasteiger partial charge is 0.227 e. The molecule has 1 amide bonds. The van der Waals surface area contributed by atoms with Gasteiger partial charge in [0.2, 0.25) is 5.91 Å². The molecule has 9 heteroatoms. The highest BCUT2D eigenvalue weighted by Crippen LogP contribution is 2.22. The standard InChI is InChI=1S/C16H15F2N5O2/c1-9-13(22-25-21-9)8-14(24)20-15(16-19-5-6-23(16)2)10-3-4-11(17)12(18)7-10/h3-7,15H,8H2,1-2H3,(H,20,24). The van der Waals surface area contributed by atoms with Gasteiger partial charge in [-0.15, -0.1) is 0 Å². The van der Waals surface area contributed by atoms with Crippen LogP contribution in [0.5, 0.6) is 0 Å². The van der Waals surface area contributed by atoms with E-state index < -0.39 is 17.7 Å². The molecule has 0 radical (unpaired) electrons. The van der Waals surface area contributed by atoms with E-state index in [0.717, 1.165) is 12.1 Å². The molecule has 1 unspecified atom stereocenters. The van der Waals surface area contributed by atoms with Crippen molar-refractivity contribution in [2.75, 3.05) is 0 Å². The first-order valence-corrected chi connectivity index (χ1v) is 7.45. The van der Waals surface area contributed by atoms with Crippen LogP contribution in [0.1, 0.15) is 28.8 Å². The summed E-state index contributed by atoms with van der Waals surface area (Å²) < 4.78 is 33.1. The van der Waals surface area contributed by atoms with Crippen LogP contribution >= 0.6 is 0 Å². The van der Waals surface area contributed by atoms with Gasteiger partial charge in [-0.05, 0) is 24.6 Å². The average Bonchev–Trinajstić information content (AvgIpc) is 3.17. The van der Waals surface area contributed by atoms with Gasteiger partial charge in [0.15, 0.2) is 11.6 Å². The van der Waals surface area contributed by atoms with Gasteiger partial charge in [-0.25, -0.2) is 18.4 Å². The first-order chi connectivity index (χ1) is 12.0. The van der Waals surface area contributed by atoms with Crippen LogP contribution < -0.4 is 5.32 Å². The number of carbonyl (C=O) groups is 1. The molecular formula is C16H15F2N5O2. The largest absolute Gasteiger partial charge is 0.342 e. The molecule has 1 N–H and O–H groups in total. The number of imidazole rings is 1. The lowest BCUT2D eigenvalue weighted by atomic mass is 10.1. The van der Waals surface area contributed by atoms with Gasteiger partial charge in [0.05, 0.1) is 6.42 Å². The Labute approximate surface area is 141 Å². The van der Waals surface area contributed by atoms with Crippen LogP contribution in [-0.2, 0) is 18.3 Å². The Hall–Kier alpha value is -3.10. The van der Waals surface area contributed by atoms with Crippen molar-refractivity contribution in [3.8, 4) is 0 Å². The maximum atomic E-state index is 13.6. The maximum Gasteiger partial charge on any atom is 0.227 e. The fraction of sp³-hybridized carbons (Fsp3) is 0.250. The van der Waals surface area contributed by atoms with E-state index in [4.69, 9.17) is 0 Å². The molecule has 25 heavy (non-hydrogen) atoms. The average molecular weight is 347 g/mol. The summed E-state index contributed by atoms with van der Waals surface area (Å²) in [7, 11) is 1.74. The molecule has 0 bridgehead atoms. The minimum absolute atomic E-state index is 0.0556. The second-order valence-corrected chi connectivity index (χ2v) is 5.54. The molecule has 1 atom stereocenters. The third-order valence-corrected chi connectivity index (χ3v) is 3.77. The lowest BCUT2D eigenvalue weighted by Gasteiger charge is -2.19. The normalized spacial score (nSPS) is 12.2. The van der Waals surface area contributed by atoms with E-state index in [2.05, 4.69) is 25.2 Å². The van der Waals surface area contributed by atoms with Crippen LogP contribution in [0, 0.1) is 18.6 Å². The summed E-state index contributed by atoms with van der Waals surface area (Å²) in [6.07, 6.45) is 3.19. The quantitative estimate of drug-likeness (QED) is 0.761. The second kappa shape index (κ2) is 6.80. The Morgan fingerprint density at radius 3 is 2.72 bits per heavy atom. The summed E-state index contributed by atoms with van der Waals surface area (Å²) in [5.74, 6) is -1.86. The van der Waals surface area contributed by atoms with Gasteiger partial charge >= 0.3 is 0 Å². The highest BCUT2D eigenvalue weighted by Gasteiger charge is 2.23. The van der Waals surface area contributed by atoms with Gasteiger partial charge in [-0.1, -0.05) is 16.4 Å². The molecule has 0 aliphatic rings. The van der Waals surface area contributed by atoms with Gasteiger partial charge in [0, 0.05) is 19.4 Å². The molecule has 7 nitrogen and oxygen atoms in total. The van der Waals surface area contributed by atoms with E-state index in [0.29, 0.717) is 22.8 Å². The first kappa shape index (κ1) is 16.7. The van der Waals surface area contributed by atoms with Crippen LogP contribution in [0.2, 0.25) is 0 Å². The van der Waals surface area contributed by atoms with Crippen LogP contribution in [0.25, 0.3) is 0 Å². The first-order valence-electron chi connectivity index (χ1n) is 7.45. The number of nitrogens with one attached hydrogen (secondary N) is 1. The number of hydrogen-bond acceptors (Lipinski definition) is 5. The summed E-state index contributed by atoms with van der Waals surface area (Å²) in [5, 5.41) is 10.1. The fourth-order valence-electron chi connectivity index (χ4n) is 2.42. The van der Waals surface area contributed by atoms with Crippen molar-refractivity contribution in [2.45, 2.75) is 19.4 Å². The third kappa shape index (κ3) is 3.54. The number of aryl methyl sites for hydroxylation is 2. The van der Waals surface area contributed by atoms with Crippen molar-refractivity contribution in [2.24, 2.45) is 7.05 Å². The summed E-state index contributed by atoms with van der Waals surface area (Å²) in [4.78, 5) is 16.6. The van der Waals surface area contributed by atoms with Crippen molar-refractivity contribution in [3.63, 3.8) is 0 Å². The molecule has 130 valence electrons. The molecule has 2 aromatic heterocycles. The number of halogens is 2. The van der Waals surface area contributed by atoms with Crippen molar-refractivity contribution >= 4 is 5.91 Å². The molecule has 0 aliphatic carbocycles. The molecule has 0 aliphatic heterocycles. The molecule has 0 saturated carbocycles. The van der Waals surface area contributed by atoms with E-state index in [9.17, 15) is 13.6 Å². The number of benzene rings is 1. The molecule has 0 saturated heterocycles. The zero-order valence-corrected chi connectivity index (χ0v) is 13.5. The molecule has 1 aromatic carbocycles. The van der Waals surface area contributed by atoms with E-state index in [1.807, 2.05) is 0 Å². The molecule has 3 rings (SSSR count). The number of hydrogen-bond donors (Lipinski definition) is 1. The summed E-state index contributed by atoms with van der Waals surface area (Å²) in [6, 6.07) is 2.71. The van der Waals surface area contributed by atoms with Crippen molar-refractivity contribution in [3.05, 3.63) is 65.0 Å². The maximum absolute atomic E-state index is 13.6. The zero-order valence-electron chi connectivity index (χ0n) is 13.5. The predicted octanol–water partition coefficient (Wildman–Crippen LogP) is 1.84. The fourth-order valence-corrected chi connectivity index (χ4v) is 2.42. The van der Waals surface area contributed by atoms with E-state index in [1.165, 1.54) is 6.07 Å². The predicted molar refractivity (Wildman–Crippen MR) is 82.3 cm³/mol. The van der Waals surface area contributed by atoms with Crippen LogP contribution in [-0.4, -0.2) is 25.8 Å².